The van der Waals surface area contributed by atoms with Crippen LogP contribution in [-0.2, 0) is 27.4 Å². The summed E-state index contributed by atoms with van der Waals surface area (Å²) in [6, 6.07) is 12.8. The molecule has 2 heterocycles. The summed E-state index contributed by atoms with van der Waals surface area (Å²) < 4.78 is 16.6. The monoisotopic (exact) mass is 414 g/mol. The first-order chi connectivity index (χ1) is 14.0. The number of esters is 2. The van der Waals surface area contributed by atoms with Crippen LogP contribution in [0.5, 0.6) is 0 Å². The maximum Gasteiger partial charge on any atom is 0.373 e. The molecule has 0 saturated carbocycles. The highest BCUT2D eigenvalue weighted by Crippen LogP contribution is 2.22. The Bertz CT molecular complexity index is 1040. The minimum absolute atomic E-state index is 0.0438. The quantitative estimate of drug-likeness (QED) is 0.428. The zero-order chi connectivity index (χ0) is 20.8. The highest BCUT2D eigenvalue weighted by atomic mass is 35.5. The topological polar surface area (TPSA) is 83.6 Å². The van der Waals surface area contributed by atoms with Gasteiger partial charge in [-0.3, -0.25) is 0 Å². The number of nitrogens with zero attached hydrogens (tertiary/aromatic N) is 2. The van der Waals surface area contributed by atoms with E-state index >= 15 is 0 Å². The van der Waals surface area contributed by atoms with Crippen LogP contribution in [0.1, 0.15) is 33.1 Å². The van der Waals surface area contributed by atoms with Crippen molar-refractivity contribution >= 4 is 29.6 Å². The van der Waals surface area contributed by atoms with Gasteiger partial charge in [-0.2, -0.15) is 5.10 Å². The Morgan fingerprint density at radius 2 is 1.97 bits per heavy atom. The number of hydrogen-bond acceptors (Lipinski definition) is 6. The number of rotatable bonds is 7. The Morgan fingerprint density at radius 1 is 1.21 bits per heavy atom. The number of furan rings is 1. The van der Waals surface area contributed by atoms with Crippen LogP contribution in [0.25, 0.3) is 6.08 Å². The van der Waals surface area contributed by atoms with E-state index in [1.807, 2.05) is 37.3 Å². The Labute approximate surface area is 172 Å². The molecule has 7 nitrogen and oxygen atoms in total. The van der Waals surface area contributed by atoms with Gasteiger partial charge in [-0.05, 0) is 30.7 Å². The minimum atomic E-state index is -0.597. The van der Waals surface area contributed by atoms with Crippen LogP contribution in [0.4, 0.5) is 0 Å². The molecule has 0 saturated heterocycles. The average Bonchev–Trinajstić information content (AvgIpc) is 3.30. The fraction of sp³-hybridized carbons (Fsp3) is 0.190. The average molecular weight is 415 g/mol. The third kappa shape index (κ3) is 5.14. The normalized spacial score (nSPS) is 11.0. The molecule has 3 aromatic rings. The molecule has 1 aromatic carbocycles. The van der Waals surface area contributed by atoms with Gasteiger partial charge in [0.25, 0.3) is 0 Å². The first-order valence-corrected chi connectivity index (χ1v) is 9.14. The summed E-state index contributed by atoms with van der Waals surface area (Å²) in [4.78, 5) is 23.3. The zero-order valence-corrected chi connectivity index (χ0v) is 16.7. The lowest BCUT2D eigenvalue weighted by atomic mass is 10.2. The number of hydrogen-bond donors (Lipinski definition) is 0. The first kappa shape index (κ1) is 20.4. The molecular weight excluding hydrogens is 396 g/mol. The second-order valence-electron chi connectivity index (χ2n) is 6.13. The molecule has 0 unspecified atom stereocenters. The van der Waals surface area contributed by atoms with Gasteiger partial charge < -0.3 is 13.9 Å². The maximum atomic E-state index is 12.0. The smallest absolute Gasteiger partial charge is 0.373 e. The molecule has 0 spiro atoms. The van der Waals surface area contributed by atoms with E-state index in [2.05, 4.69) is 9.84 Å². The number of methoxy groups -OCH3 is 1. The molecule has 29 heavy (non-hydrogen) atoms. The fourth-order valence-electron chi connectivity index (χ4n) is 2.63. The number of benzene rings is 1. The molecule has 0 fully saturated rings. The van der Waals surface area contributed by atoms with Gasteiger partial charge >= 0.3 is 11.9 Å². The lowest BCUT2D eigenvalue weighted by molar-refractivity contribution is -0.139. The summed E-state index contributed by atoms with van der Waals surface area (Å²) in [5, 5.41) is 4.86. The third-order valence-corrected chi connectivity index (χ3v) is 4.47. The fourth-order valence-corrected chi connectivity index (χ4v) is 2.92. The Kier molecular flexibility index (Phi) is 6.51. The van der Waals surface area contributed by atoms with Gasteiger partial charge in [0, 0.05) is 11.6 Å². The van der Waals surface area contributed by atoms with Crippen molar-refractivity contribution in [3.63, 3.8) is 0 Å². The van der Waals surface area contributed by atoms with E-state index in [9.17, 15) is 9.59 Å². The molecule has 0 radical (unpaired) electrons. The van der Waals surface area contributed by atoms with Crippen LogP contribution >= 0.6 is 11.6 Å². The Morgan fingerprint density at radius 3 is 2.69 bits per heavy atom. The summed E-state index contributed by atoms with van der Waals surface area (Å²) in [7, 11) is 1.25. The number of carbonyl (C=O) groups excluding carboxylic acids is 2. The molecule has 0 N–H and O–H groups in total. The second kappa shape index (κ2) is 9.25. The molecule has 0 aliphatic carbocycles. The number of halogens is 1. The van der Waals surface area contributed by atoms with E-state index in [4.69, 9.17) is 20.8 Å². The van der Waals surface area contributed by atoms with Gasteiger partial charge in [-0.25, -0.2) is 14.3 Å². The largest absolute Gasteiger partial charge is 0.463 e. The van der Waals surface area contributed by atoms with Gasteiger partial charge in [-0.15, -0.1) is 0 Å². The number of aromatic nitrogens is 2. The van der Waals surface area contributed by atoms with Crippen LogP contribution < -0.4 is 0 Å². The number of aryl methyl sites for hydroxylation is 1. The molecule has 8 heteroatoms. The van der Waals surface area contributed by atoms with Gasteiger partial charge in [0.2, 0.25) is 5.76 Å². The van der Waals surface area contributed by atoms with Crippen LogP contribution in [0, 0.1) is 6.92 Å². The van der Waals surface area contributed by atoms with Crippen molar-refractivity contribution < 1.29 is 23.5 Å². The molecule has 3 rings (SSSR count). The SMILES string of the molecule is COC(=O)c1ccc(COC(=O)C=Cc2c(C)nn(Cc3ccccc3)c2Cl)o1. The van der Waals surface area contributed by atoms with Gasteiger partial charge in [-0.1, -0.05) is 41.9 Å². The van der Waals surface area contributed by atoms with Crippen LogP contribution in [0.3, 0.4) is 0 Å². The van der Waals surface area contributed by atoms with E-state index in [0.717, 1.165) is 5.56 Å². The van der Waals surface area contributed by atoms with Crippen molar-refractivity contribution in [2.24, 2.45) is 0 Å². The summed E-state index contributed by atoms with van der Waals surface area (Å²) >= 11 is 6.42. The third-order valence-electron chi connectivity index (χ3n) is 4.08. The van der Waals surface area contributed by atoms with Crippen LogP contribution in [0.2, 0.25) is 5.15 Å². The van der Waals surface area contributed by atoms with E-state index in [1.54, 1.807) is 10.8 Å². The van der Waals surface area contributed by atoms with Crippen molar-refractivity contribution in [3.05, 3.63) is 82.0 Å². The Balaban J connectivity index is 1.61. The van der Waals surface area contributed by atoms with E-state index in [-0.39, 0.29) is 12.4 Å². The van der Waals surface area contributed by atoms with Crippen molar-refractivity contribution in [1.82, 2.24) is 9.78 Å². The lowest BCUT2D eigenvalue weighted by Gasteiger charge is -2.03. The predicted molar refractivity (Wildman–Crippen MR) is 106 cm³/mol. The van der Waals surface area contributed by atoms with Crippen molar-refractivity contribution in [2.45, 2.75) is 20.1 Å². The molecule has 0 aliphatic heterocycles. The molecule has 2 aromatic heterocycles. The summed E-state index contributed by atoms with van der Waals surface area (Å²) in [6.45, 7) is 2.23. The maximum absolute atomic E-state index is 12.0. The second-order valence-corrected chi connectivity index (χ2v) is 6.49. The number of carbonyl (C=O) groups is 2. The standard InChI is InChI=1S/C21H19ClN2O5/c1-14-17(20(22)24(23-14)12-15-6-4-3-5-7-15)9-11-19(25)28-13-16-8-10-18(29-16)21(26)27-2/h3-11H,12-13H2,1-2H3. The first-order valence-electron chi connectivity index (χ1n) is 8.76. The van der Waals surface area contributed by atoms with E-state index < -0.39 is 11.9 Å². The Hall–Kier alpha value is -3.32. The lowest BCUT2D eigenvalue weighted by Crippen LogP contribution is -2.02. The molecule has 0 amide bonds. The van der Waals surface area contributed by atoms with Gasteiger partial charge in [0.1, 0.15) is 17.5 Å². The summed E-state index contributed by atoms with van der Waals surface area (Å²) in [6.07, 6.45) is 2.84. The summed E-state index contributed by atoms with van der Waals surface area (Å²) in [5.74, 6) is -0.799. The molecule has 0 atom stereocenters. The van der Waals surface area contributed by atoms with E-state index in [0.29, 0.717) is 28.7 Å². The van der Waals surface area contributed by atoms with Gasteiger partial charge in [0.05, 0.1) is 19.3 Å². The van der Waals surface area contributed by atoms with Crippen LogP contribution in [0.15, 0.2) is 53.0 Å². The molecule has 0 bridgehead atoms. The highest BCUT2D eigenvalue weighted by Gasteiger charge is 2.13. The zero-order valence-electron chi connectivity index (χ0n) is 15.9. The van der Waals surface area contributed by atoms with E-state index in [1.165, 1.54) is 25.3 Å². The highest BCUT2D eigenvalue weighted by molar-refractivity contribution is 6.31. The van der Waals surface area contributed by atoms with Crippen molar-refractivity contribution in [1.29, 1.82) is 0 Å². The number of ether oxygens (including phenoxy) is 2. The summed E-state index contributed by atoms with van der Waals surface area (Å²) in [5.41, 5.74) is 2.41. The molecule has 0 aliphatic rings. The predicted octanol–water partition coefficient (Wildman–Crippen LogP) is 4.03. The van der Waals surface area contributed by atoms with Crippen LogP contribution in [-0.4, -0.2) is 28.8 Å². The minimum Gasteiger partial charge on any atom is -0.463 e. The molecular formula is C21H19ClN2O5. The van der Waals surface area contributed by atoms with Gasteiger partial charge in [0.15, 0.2) is 0 Å². The molecule has 150 valence electrons. The van der Waals surface area contributed by atoms with Crippen molar-refractivity contribution in [2.75, 3.05) is 7.11 Å². The van der Waals surface area contributed by atoms with Crippen molar-refractivity contribution in [3.8, 4) is 0 Å².